The molecule has 0 unspecified atom stereocenters. The van der Waals surface area contributed by atoms with Crippen LogP contribution in [0.3, 0.4) is 0 Å². The highest BCUT2D eigenvalue weighted by molar-refractivity contribution is 5.93. The largest absolute Gasteiger partial charge is 0.497 e. The van der Waals surface area contributed by atoms with Gasteiger partial charge >= 0.3 is 0 Å². The van der Waals surface area contributed by atoms with Gasteiger partial charge in [0.05, 0.1) is 12.6 Å². The summed E-state index contributed by atoms with van der Waals surface area (Å²) >= 11 is 0. The number of nitrogens with zero attached hydrogens (tertiary/aromatic N) is 4. The van der Waals surface area contributed by atoms with E-state index in [0.29, 0.717) is 47.0 Å². The van der Waals surface area contributed by atoms with E-state index in [1.54, 1.807) is 17.7 Å². The Kier molecular flexibility index (Phi) is 4.42. The number of carbonyl (C=O) groups excluding carboxylic acids is 1. The van der Waals surface area contributed by atoms with E-state index >= 15 is 0 Å². The summed E-state index contributed by atoms with van der Waals surface area (Å²) in [4.78, 5) is 21.4. The van der Waals surface area contributed by atoms with E-state index in [1.807, 2.05) is 24.3 Å². The number of aromatic nitrogens is 4. The first-order valence-electron chi connectivity index (χ1n) is 9.67. The zero-order valence-corrected chi connectivity index (χ0v) is 16.2. The van der Waals surface area contributed by atoms with Gasteiger partial charge in [0.15, 0.2) is 11.5 Å². The molecule has 0 saturated carbocycles. The first-order chi connectivity index (χ1) is 14.6. The molecule has 8 nitrogen and oxygen atoms in total. The fourth-order valence-electron chi connectivity index (χ4n) is 3.63. The molecule has 0 radical (unpaired) electrons. The summed E-state index contributed by atoms with van der Waals surface area (Å²) in [5, 5.41) is 11.3. The van der Waals surface area contributed by atoms with Crippen molar-refractivity contribution in [3.05, 3.63) is 48.3 Å². The molecule has 30 heavy (non-hydrogen) atoms. The van der Waals surface area contributed by atoms with Crippen LogP contribution < -0.4 is 15.4 Å². The molecule has 152 valence electrons. The number of methoxy groups -OCH3 is 1. The van der Waals surface area contributed by atoms with Gasteiger partial charge in [-0.3, -0.25) is 4.79 Å². The van der Waals surface area contributed by atoms with Crippen molar-refractivity contribution in [1.29, 1.82) is 0 Å². The van der Waals surface area contributed by atoms with Crippen molar-refractivity contribution in [2.45, 2.75) is 18.9 Å². The number of nitrogens with one attached hydrogen (secondary N) is 2. The van der Waals surface area contributed by atoms with Crippen molar-refractivity contribution in [3.63, 3.8) is 0 Å². The molecule has 3 heterocycles. The molecule has 1 atom stereocenters. The minimum atomic E-state index is -0.440. The van der Waals surface area contributed by atoms with Gasteiger partial charge in [0.25, 0.3) is 0 Å². The van der Waals surface area contributed by atoms with Crippen LogP contribution in [0.2, 0.25) is 0 Å². The molecule has 1 aliphatic heterocycles. The van der Waals surface area contributed by atoms with E-state index in [9.17, 15) is 9.18 Å². The van der Waals surface area contributed by atoms with Gasteiger partial charge in [0, 0.05) is 23.6 Å². The number of rotatable bonds is 4. The summed E-state index contributed by atoms with van der Waals surface area (Å²) in [6.45, 7) is 0.659. The molecular formula is C21H19FN6O2. The number of piperidine rings is 1. The number of halogens is 1. The highest BCUT2D eigenvalue weighted by atomic mass is 19.1. The Labute approximate surface area is 171 Å². The Morgan fingerprint density at radius 3 is 2.97 bits per heavy atom. The quantitative estimate of drug-likeness (QED) is 0.541. The Balaban J connectivity index is 1.69. The summed E-state index contributed by atoms with van der Waals surface area (Å²) in [7, 11) is 1.60. The first-order valence-corrected chi connectivity index (χ1v) is 9.67. The molecule has 1 aliphatic rings. The normalized spacial score (nSPS) is 16.6. The summed E-state index contributed by atoms with van der Waals surface area (Å²) in [5.41, 5.74) is 1.73. The van der Waals surface area contributed by atoms with E-state index in [4.69, 9.17) is 4.74 Å². The van der Waals surface area contributed by atoms with Gasteiger partial charge in [-0.2, -0.15) is 4.52 Å². The molecule has 0 aliphatic carbocycles. The van der Waals surface area contributed by atoms with Gasteiger partial charge in [-0.1, -0.05) is 12.1 Å². The minimum absolute atomic E-state index is 0.0938. The Bertz CT molecular complexity index is 1270. The van der Waals surface area contributed by atoms with Crippen molar-refractivity contribution in [2.24, 2.45) is 0 Å². The number of fused-ring (bicyclic) bond motifs is 3. The maximum atomic E-state index is 13.9. The molecule has 2 N–H and O–H groups in total. The van der Waals surface area contributed by atoms with Crippen molar-refractivity contribution in [3.8, 4) is 17.1 Å². The average Bonchev–Trinajstić information content (AvgIpc) is 3.21. The van der Waals surface area contributed by atoms with Gasteiger partial charge in [-0.05, 0) is 37.1 Å². The number of carbonyl (C=O) groups is 1. The molecule has 1 saturated heterocycles. The molecule has 0 bridgehead atoms. The van der Waals surface area contributed by atoms with Crippen LogP contribution in [0.5, 0.6) is 5.75 Å². The lowest BCUT2D eigenvalue weighted by molar-refractivity contribution is -0.123. The SMILES string of the molecule is COc1cccc(-c2nc3c4ccc(F)cc4nc(N[C@H]4CCCNC4=O)n3n2)c1. The fraction of sp³-hybridized carbons (Fsp3) is 0.238. The van der Waals surface area contributed by atoms with Gasteiger partial charge in [0.2, 0.25) is 11.9 Å². The molecule has 9 heteroatoms. The summed E-state index contributed by atoms with van der Waals surface area (Å²) in [6, 6.07) is 11.3. The highest BCUT2D eigenvalue weighted by Crippen LogP contribution is 2.27. The van der Waals surface area contributed by atoms with E-state index < -0.39 is 11.9 Å². The lowest BCUT2D eigenvalue weighted by Crippen LogP contribution is -2.44. The zero-order valence-electron chi connectivity index (χ0n) is 16.2. The van der Waals surface area contributed by atoms with Gasteiger partial charge < -0.3 is 15.4 Å². The monoisotopic (exact) mass is 406 g/mol. The Hall–Kier alpha value is -3.75. The van der Waals surface area contributed by atoms with Crippen LogP contribution in [-0.4, -0.2) is 45.2 Å². The maximum absolute atomic E-state index is 13.9. The third-order valence-electron chi connectivity index (χ3n) is 5.15. The molecular weight excluding hydrogens is 387 g/mol. The van der Waals surface area contributed by atoms with Crippen molar-refractivity contribution < 1.29 is 13.9 Å². The molecule has 5 rings (SSSR count). The lowest BCUT2D eigenvalue weighted by atomic mass is 10.1. The van der Waals surface area contributed by atoms with Crippen LogP contribution in [0.15, 0.2) is 42.5 Å². The minimum Gasteiger partial charge on any atom is -0.497 e. The second-order valence-corrected chi connectivity index (χ2v) is 7.13. The average molecular weight is 406 g/mol. The van der Waals surface area contributed by atoms with Gasteiger partial charge in [-0.25, -0.2) is 14.4 Å². The molecule has 4 aromatic rings. The van der Waals surface area contributed by atoms with Crippen LogP contribution in [0.1, 0.15) is 12.8 Å². The van der Waals surface area contributed by atoms with Crippen LogP contribution in [0.25, 0.3) is 27.9 Å². The number of hydrogen-bond acceptors (Lipinski definition) is 6. The Morgan fingerprint density at radius 2 is 2.13 bits per heavy atom. The second kappa shape index (κ2) is 7.25. The van der Waals surface area contributed by atoms with E-state index in [1.165, 1.54) is 12.1 Å². The van der Waals surface area contributed by atoms with Crippen LogP contribution in [-0.2, 0) is 4.79 Å². The summed E-state index contributed by atoms with van der Waals surface area (Å²) in [5.74, 6) is 1.01. The Morgan fingerprint density at radius 1 is 1.23 bits per heavy atom. The van der Waals surface area contributed by atoms with Crippen LogP contribution in [0, 0.1) is 5.82 Å². The summed E-state index contributed by atoms with van der Waals surface area (Å²) in [6.07, 6.45) is 1.54. The van der Waals surface area contributed by atoms with E-state index in [0.717, 1.165) is 12.0 Å². The third kappa shape index (κ3) is 3.18. The van der Waals surface area contributed by atoms with Crippen molar-refractivity contribution in [2.75, 3.05) is 19.0 Å². The van der Waals surface area contributed by atoms with Gasteiger partial charge in [0.1, 0.15) is 17.6 Å². The van der Waals surface area contributed by atoms with Crippen LogP contribution in [0.4, 0.5) is 10.3 Å². The number of benzene rings is 2. The smallest absolute Gasteiger partial charge is 0.242 e. The van der Waals surface area contributed by atoms with E-state index in [-0.39, 0.29) is 5.91 Å². The molecule has 2 aromatic carbocycles. The zero-order chi connectivity index (χ0) is 20.7. The maximum Gasteiger partial charge on any atom is 0.242 e. The second-order valence-electron chi connectivity index (χ2n) is 7.13. The number of anilines is 1. The summed E-state index contributed by atoms with van der Waals surface area (Å²) < 4.78 is 20.7. The van der Waals surface area contributed by atoms with E-state index in [2.05, 4.69) is 25.7 Å². The molecule has 1 fully saturated rings. The van der Waals surface area contributed by atoms with Crippen molar-refractivity contribution in [1.82, 2.24) is 24.9 Å². The molecule has 1 amide bonds. The number of ether oxygens (including phenoxy) is 1. The number of hydrogen-bond donors (Lipinski definition) is 2. The predicted octanol–water partition coefficient (Wildman–Crippen LogP) is 2.78. The number of amides is 1. The molecule has 0 spiro atoms. The first kappa shape index (κ1) is 18.3. The lowest BCUT2D eigenvalue weighted by Gasteiger charge is -2.23. The molecule has 2 aromatic heterocycles. The van der Waals surface area contributed by atoms with Crippen molar-refractivity contribution >= 4 is 28.4 Å². The van der Waals surface area contributed by atoms with Gasteiger partial charge in [-0.15, -0.1) is 5.10 Å². The third-order valence-corrected chi connectivity index (χ3v) is 5.15. The van der Waals surface area contributed by atoms with Crippen LogP contribution >= 0.6 is 0 Å². The standard InChI is InChI=1S/C21H19FN6O2/c1-30-14-5-2-4-12(10-14)18-26-19-15-8-7-13(22)11-17(15)25-21(28(19)27-18)24-16-6-3-9-23-20(16)29/h2,4-5,7-8,10-11,16H,3,6,9H2,1H3,(H,23,29)(H,24,25)/t16-/m0/s1. The fourth-order valence-corrected chi connectivity index (χ4v) is 3.63. The topological polar surface area (TPSA) is 93.4 Å². The predicted molar refractivity (Wildman–Crippen MR) is 110 cm³/mol. The highest BCUT2D eigenvalue weighted by Gasteiger charge is 2.24.